The van der Waals surface area contributed by atoms with E-state index < -0.39 is 5.97 Å². The third-order valence-electron chi connectivity index (χ3n) is 3.73. The fourth-order valence-electron chi connectivity index (χ4n) is 2.37. The van der Waals surface area contributed by atoms with E-state index in [1.165, 1.54) is 28.9 Å². The van der Waals surface area contributed by atoms with Crippen molar-refractivity contribution in [3.8, 4) is 11.4 Å². The van der Waals surface area contributed by atoms with Crippen LogP contribution >= 0.6 is 0 Å². The Morgan fingerprint density at radius 1 is 1.08 bits per heavy atom. The number of rotatable bonds is 5. The summed E-state index contributed by atoms with van der Waals surface area (Å²) in [6, 6.07) is 12.0. The molecule has 0 aliphatic heterocycles. The number of nitrogens with zero attached hydrogens (tertiary/aromatic N) is 3. The van der Waals surface area contributed by atoms with Crippen molar-refractivity contribution in [3.63, 3.8) is 0 Å². The lowest BCUT2D eigenvalue weighted by Crippen LogP contribution is -2.11. The van der Waals surface area contributed by atoms with Crippen molar-refractivity contribution in [3.05, 3.63) is 71.6 Å². The van der Waals surface area contributed by atoms with Crippen molar-refractivity contribution in [2.45, 2.75) is 20.3 Å². The molecule has 0 unspecified atom stereocenters. The molecule has 0 aliphatic carbocycles. The van der Waals surface area contributed by atoms with Gasteiger partial charge in [0, 0.05) is 12.0 Å². The van der Waals surface area contributed by atoms with Gasteiger partial charge in [-0.15, -0.1) is 5.10 Å². The highest BCUT2D eigenvalue weighted by Gasteiger charge is 2.18. The molecule has 0 saturated heterocycles. The molecule has 0 radical (unpaired) electrons. The smallest absolute Gasteiger partial charge is 0.383 e. The zero-order chi connectivity index (χ0) is 18.7. The third kappa shape index (κ3) is 3.66. The van der Waals surface area contributed by atoms with Crippen LogP contribution in [-0.4, -0.2) is 26.5 Å². The summed E-state index contributed by atoms with van der Waals surface area (Å²) < 4.78 is 19.7. The summed E-state index contributed by atoms with van der Waals surface area (Å²) in [5, 5.41) is 4.12. The monoisotopic (exact) mass is 353 g/mol. The molecule has 0 N–H and O–H groups in total. The Hall–Kier alpha value is -3.35. The number of esters is 1. The van der Waals surface area contributed by atoms with Crippen molar-refractivity contribution in [1.29, 1.82) is 0 Å². The number of carbonyl (C=O) groups excluding carboxylic acids is 2. The first-order chi connectivity index (χ1) is 12.5. The number of aryl methyl sites for hydroxylation is 1. The zero-order valence-electron chi connectivity index (χ0n) is 14.3. The molecule has 6 nitrogen and oxygen atoms in total. The molecular formula is C19H16FN3O3. The SMILES string of the molecule is CCC(=O)c1ccc(OC(=O)c2nc(C)n(-c3ccc(F)cc3)n2)cc1. The van der Waals surface area contributed by atoms with Crippen LogP contribution < -0.4 is 4.74 Å². The van der Waals surface area contributed by atoms with Crippen LogP contribution in [0.4, 0.5) is 4.39 Å². The Balaban J connectivity index is 1.77. The molecule has 132 valence electrons. The molecule has 3 aromatic rings. The van der Waals surface area contributed by atoms with Gasteiger partial charge in [0.2, 0.25) is 0 Å². The van der Waals surface area contributed by atoms with Gasteiger partial charge in [0.05, 0.1) is 5.69 Å². The van der Waals surface area contributed by atoms with Gasteiger partial charge in [-0.05, 0) is 55.5 Å². The minimum absolute atomic E-state index is 0.0122. The normalized spacial score (nSPS) is 10.6. The van der Waals surface area contributed by atoms with Gasteiger partial charge in [-0.3, -0.25) is 4.79 Å². The predicted molar refractivity (Wildman–Crippen MR) is 92.1 cm³/mol. The van der Waals surface area contributed by atoms with Gasteiger partial charge in [-0.25, -0.2) is 18.9 Å². The lowest BCUT2D eigenvalue weighted by molar-refractivity contribution is 0.0722. The Morgan fingerprint density at radius 2 is 1.73 bits per heavy atom. The van der Waals surface area contributed by atoms with Crippen molar-refractivity contribution in [2.75, 3.05) is 0 Å². The second-order valence-corrected chi connectivity index (χ2v) is 5.56. The van der Waals surface area contributed by atoms with E-state index in [4.69, 9.17) is 4.74 Å². The number of ether oxygens (including phenoxy) is 1. The van der Waals surface area contributed by atoms with Gasteiger partial charge in [0.25, 0.3) is 5.82 Å². The number of ketones is 1. The second kappa shape index (κ2) is 7.26. The predicted octanol–water partition coefficient (Wildman–Crippen LogP) is 3.53. The lowest BCUT2D eigenvalue weighted by Gasteiger charge is -2.03. The quantitative estimate of drug-likeness (QED) is 0.398. The Morgan fingerprint density at radius 3 is 2.35 bits per heavy atom. The third-order valence-corrected chi connectivity index (χ3v) is 3.73. The molecule has 0 saturated carbocycles. The van der Waals surface area contributed by atoms with Crippen LogP contribution in [0.2, 0.25) is 0 Å². The molecular weight excluding hydrogens is 337 g/mol. The van der Waals surface area contributed by atoms with Crippen LogP contribution in [0.1, 0.15) is 40.1 Å². The molecule has 26 heavy (non-hydrogen) atoms. The number of Topliss-reactive ketones (excluding diaryl/α,β-unsaturated/α-hetero) is 1. The van der Waals surface area contributed by atoms with Crippen molar-refractivity contribution < 1.29 is 18.7 Å². The zero-order valence-corrected chi connectivity index (χ0v) is 14.3. The summed E-state index contributed by atoms with van der Waals surface area (Å²) in [5.41, 5.74) is 1.14. The summed E-state index contributed by atoms with van der Waals surface area (Å²) in [7, 11) is 0. The first-order valence-electron chi connectivity index (χ1n) is 8.03. The van der Waals surface area contributed by atoms with E-state index in [9.17, 15) is 14.0 Å². The minimum atomic E-state index is -0.719. The fourth-order valence-corrected chi connectivity index (χ4v) is 2.37. The molecule has 0 spiro atoms. The Labute approximate surface area is 149 Å². The van der Waals surface area contributed by atoms with Gasteiger partial charge in [-0.2, -0.15) is 0 Å². The van der Waals surface area contributed by atoms with Gasteiger partial charge in [0.15, 0.2) is 5.78 Å². The average Bonchev–Trinajstić information content (AvgIpc) is 3.04. The maximum absolute atomic E-state index is 13.0. The number of carbonyl (C=O) groups is 2. The van der Waals surface area contributed by atoms with Crippen LogP contribution in [0.5, 0.6) is 5.75 Å². The number of hydrogen-bond acceptors (Lipinski definition) is 5. The van der Waals surface area contributed by atoms with Crippen LogP contribution in [0.15, 0.2) is 48.5 Å². The summed E-state index contributed by atoms with van der Waals surface area (Å²) in [6.07, 6.45) is 0.406. The van der Waals surface area contributed by atoms with Gasteiger partial charge in [0.1, 0.15) is 17.4 Å². The van der Waals surface area contributed by atoms with Crippen LogP contribution in [-0.2, 0) is 0 Å². The lowest BCUT2D eigenvalue weighted by atomic mass is 10.1. The largest absolute Gasteiger partial charge is 0.421 e. The van der Waals surface area contributed by atoms with Gasteiger partial charge >= 0.3 is 5.97 Å². The summed E-state index contributed by atoms with van der Waals surface area (Å²) in [4.78, 5) is 28.0. The maximum atomic E-state index is 13.0. The minimum Gasteiger partial charge on any atom is -0.421 e. The van der Waals surface area contributed by atoms with E-state index in [1.807, 2.05) is 0 Å². The van der Waals surface area contributed by atoms with Crippen molar-refractivity contribution in [2.24, 2.45) is 0 Å². The first kappa shape index (κ1) is 17.5. The molecule has 0 aliphatic rings. The van der Waals surface area contributed by atoms with Crippen molar-refractivity contribution >= 4 is 11.8 Å². The average molecular weight is 353 g/mol. The molecule has 2 aromatic carbocycles. The Kier molecular flexibility index (Phi) is 4.88. The molecule has 0 bridgehead atoms. The molecule has 7 heteroatoms. The number of aromatic nitrogens is 3. The second-order valence-electron chi connectivity index (χ2n) is 5.56. The molecule has 1 heterocycles. The topological polar surface area (TPSA) is 74.1 Å². The summed E-state index contributed by atoms with van der Waals surface area (Å²) in [5.74, 6) is -0.427. The molecule has 0 fully saturated rings. The van der Waals surface area contributed by atoms with E-state index in [1.54, 1.807) is 38.1 Å². The van der Waals surface area contributed by atoms with E-state index in [-0.39, 0.29) is 17.4 Å². The van der Waals surface area contributed by atoms with Gasteiger partial charge in [-0.1, -0.05) is 6.92 Å². The van der Waals surface area contributed by atoms with Crippen LogP contribution in [0.25, 0.3) is 5.69 Å². The van der Waals surface area contributed by atoms with E-state index >= 15 is 0 Å². The van der Waals surface area contributed by atoms with Crippen molar-refractivity contribution in [1.82, 2.24) is 14.8 Å². The molecule has 3 rings (SSSR count). The molecule has 0 atom stereocenters. The van der Waals surface area contributed by atoms with Crippen LogP contribution in [0.3, 0.4) is 0 Å². The maximum Gasteiger partial charge on any atom is 0.383 e. The first-order valence-corrected chi connectivity index (χ1v) is 8.03. The van der Waals surface area contributed by atoms with E-state index in [2.05, 4.69) is 10.1 Å². The van der Waals surface area contributed by atoms with Crippen LogP contribution in [0, 0.1) is 12.7 Å². The number of hydrogen-bond donors (Lipinski definition) is 0. The summed E-state index contributed by atoms with van der Waals surface area (Å²) >= 11 is 0. The number of benzene rings is 2. The standard InChI is InChI=1S/C19H16FN3O3/c1-3-17(24)13-4-10-16(11-5-13)26-19(25)18-21-12(2)23(22-18)15-8-6-14(20)7-9-15/h4-11H,3H2,1-2H3. The highest BCUT2D eigenvalue weighted by Crippen LogP contribution is 2.16. The Bertz CT molecular complexity index is 947. The van der Waals surface area contributed by atoms with Gasteiger partial charge < -0.3 is 4.74 Å². The molecule has 0 amide bonds. The molecule has 1 aromatic heterocycles. The number of halogens is 1. The van der Waals surface area contributed by atoms with E-state index in [0.717, 1.165) is 0 Å². The van der Waals surface area contributed by atoms with E-state index in [0.29, 0.717) is 29.2 Å². The highest BCUT2D eigenvalue weighted by atomic mass is 19.1. The highest BCUT2D eigenvalue weighted by molar-refractivity contribution is 5.96. The fraction of sp³-hybridized carbons (Fsp3) is 0.158. The summed E-state index contributed by atoms with van der Waals surface area (Å²) in [6.45, 7) is 3.46.